The van der Waals surface area contributed by atoms with E-state index in [0.717, 1.165) is 0 Å². The molecule has 0 bridgehead atoms. The van der Waals surface area contributed by atoms with Gasteiger partial charge < -0.3 is 40.9 Å². The van der Waals surface area contributed by atoms with Crippen molar-refractivity contribution in [3.05, 3.63) is 0 Å². The van der Waals surface area contributed by atoms with Crippen LogP contribution in [0.3, 0.4) is 0 Å². The fourth-order valence-electron chi connectivity index (χ4n) is 0. The van der Waals surface area contributed by atoms with E-state index in [4.69, 9.17) is 40.9 Å². The summed E-state index contributed by atoms with van der Waals surface area (Å²) in [5.74, 6) is 0. The van der Waals surface area contributed by atoms with Gasteiger partial charge in [-0.25, -0.2) is 0 Å². The van der Waals surface area contributed by atoms with Gasteiger partial charge in [-0.05, 0) is 0 Å². The molecule has 0 atom stereocenters. The maximum atomic E-state index is 7.62. The second-order valence-electron chi connectivity index (χ2n) is 1.79. The van der Waals surface area contributed by atoms with Crippen molar-refractivity contribution in [1.82, 2.24) is 0 Å². The van der Waals surface area contributed by atoms with Gasteiger partial charge in [0.1, 0.15) is 0 Å². The predicted molar refractivity (Wildman–Crippen MR) is 56.7 cm³/mol. The summed E-state index contributed by atoms with van der Waals surface area (Å²) in [6.45, 7) is -1.00. The minimum absolute atomic E-state index is 0. The Labute approximate surface area is 116 Å². The van der Waals surface area contributed by atoms with Crippen LogP contribution in [0.1, 0.15) is 0 Å². The van der Waals surface area contributed by atoms with Gasteiger partial charge in [0, 0.05) is 21.7 Å². The van der Waals surface area contributed by atoms with Crippen molar-refractivity contribution in [3.63, 3.8) is 0 Å². The van der Waals surface area contributed by atoms with Crippen LogP contribution in [0.2, 0.25) is 0 Å². The van der Waals surface area contributed by atoms with Gasteiger partial charge in [-0.1, -0.05) is 0 Å². The zero-order chi connectivity index (χ0) is 13.7. The minimum Gasteiger partial charge on any atom is -0.394 e. The zero-order valence-electron chi connectivity index (χ0n) is 9.73. The first-order valence-corrected chi connectivity index (χ1v) is 4.53. The normalized spacial score (nSPS) is 7.06. The summed E-state index contributed by atoms with van der Waals surface area (Å²) in [7, 11) is 0. The topological polar surface area (TPSA) is 162 Å². The molecule has 17 heavy (non-hydrogen) atoms. The van der Waals surface area contributed by atoms with Crippen molar-refractivity contribution in [3.8, 4) is 0 Å². The fourth-order valence-corrected chi connectivity index (χ4v) is 0. The van der Waals surface area contributed by atoms with Crippen molar-refractivity contribution in [2.45, 2.75) is 0 Å². The molecule has 0 aliphatic rings. The number of aliphatic hydroxyl groups excluding tert-OH is 8. The first-order valence-electron chi connectivity index (χ1n) is 4.53. The molecule has 0 aliphatic carbocycles. The smallest absolute Gasteiger partial charge is 0.0662 e. The maximum Gasteiger partial charge on any atom is 0.0662 e. The van der Waals surface area contributed by atoms with Gasteiger partial charge >= 0.3 is 0 Å². The van der Waals surface area contributed by atoms with E-state index in [9.17, 15) is 0 Å². The van der Waals surface area contributed by atoms with Gasteiger partial charge in [-0.3, -0.25) is 0 Å². The molecule has 8 N–H and O–H groups in total. The quantitative estimate of drug-likeness (QED) is 0.243. The molecule has 0 unspecified atom stereocenters. The van der Waals surface area contributed by atoms with E-state index in [0.29, 0.717) is 0 Å². The van der Waals surface area contributed by atoms with Crippen molar-refractivity contribution in [1.29, 1.82) is 0 Å². The van der Waals surface area contributed by atoms with E-state index in [-0.39, 0.29) is 74.6 Å². The van der Waals surface area contributed by atoms with Crippen LogP contribution >= 0.6 is 0 Å². The summed E-state index contributed by atoms with van der Waals surface area (Å²) in [5.41, 5.74) is 0. The molecule has 0 aromatic carbocycles. The third-order valence-electron chi connectivity index (χ3n) is 0.400. The molecule has 0 aromatic heterocycles. The Morgan fingerprint density at radius 3 is 0.353 bits per heavy atom. The average Bonchev–Trinajstić information content (AvgIpc) is 2.39. The fraction of sp³-hybridized carbons (Fsp3) is 1.00. The number of aliphatic hydroxyl groups is 8. The molecule has 0 radical (unpaired) electrons. The SMILES string of the molecule is OCCO.OCCO.OCCO.OCCO.[Ti]. The Morgan fingerprint density at radius 1 is 0.294 bits per heavy atom. The van der Waals surface area contributed by atoms with Crippen LogP contribution in [0.25, 0.3) is 0 Å². The monoisotopic (exact) mass is 296 g/mol. The number of hydrogen-bond donors (Lipinski definition) is 8. The average molecular weight is 296 g/mol. The predicted octanol–water partition coefficient (Wildman–Crippen LogP) is -4.12. The van der Waals surface area contributed by atoms with Gasteiger partial charge in [-0.2, -0.15) is 0 Å². The van der Waals surface area contributed by atoms with Crippen molar-refractivity contribution >= 4 is 0 Å². The number of rotatable bonds is 4. The first kappa shape index (κ1) is 30.4. The van der Waals surface area contributed by atoms with E-state index < -0.39 is 0 Å². The Kier molecular flexibility index (Phi) is 98.7. The van der Waals surface area contributed by atoms with Crippen LogP contribution < -0.4 is 0 Å². The van der Waals surface area contributed by atoms with Crippen LogP contribution in [0.15, 0.2) is 0 Å². The van der Waals surface area contributed by atoms with Crippen LogP contribution in [0, 0.1) is 0 Å². The maximum absolute atomic E-state index is 7.62. The Balaban J connectivity index is -0.0000000369. The van der Waals surface area contributed by atoms with E-state index >= 15 is 0 Å². The van der Waals surface area contributed by atoms with Crippen LogP contribution in [-0.2, 0) is 21.7 Å². The molecule has 0 heterocycles. The molecular formula is C8H24O8Ti. The molecule has 0 rings (SSSR count). The Morgan fingerprint density at radius 2 is 0.353 bits per heavy atom. The van der Waals surface area contributed by atoms with Crippen LogP contribution in [-0.4, -0.2) is 93.7 Å². The van der Waals surface area contributed by atoms with E-state index in [1.165, 1.54) is 0 Å². The molecule has 0 saturated carbocycles. The summed E-state index contributed by atoms with van der Waals surface area (Å²) in [6, 6.07) is 0. The second kappa shape index (κ2) is 55.1. The number of hydrogen-bond acceptors (Lipinski definition) is 8. The van der Waals surface area contributed by atoms with Crippen LogP contribution in [0.5, 0.6) is 0 Å². The summed E-state index contributed by atoms with van der Waals surface area (Å²) < 4.78 is 0. The van der Waals surface area contributed by atoms with E-state index in [2.05, 4.69) is 0 Å². The molecule has 0 aliphatic heterocycles. The molecular weight excluding hydrogens is 272 g/mol. The summed E-state index contributed by atoms with van der Waals surface area (Å²) >= 11 is 0. The molecule has 0 amide bonds. The molecule has 0 saturated heterocycles. The van der Waals surface area contributed by atoms with Gasteiger partial charge in [0.15, 0.2) is 0 Å². The molecule has 0 aromatic rings. The Hall–Kier alpha value is 0.394. The standard InChI is InChI=1S/4C2H6O2.Ti/c4*3-1-2-4;/h4*3-4H,1-2H2;. The van der Waals surface area contributed by atoms with Crippen molar-refractivity contribution < 1.29 is 62.6 Å². The molecule has 8 nitrogen and oxygen atoms in total. The third-order valence-corrected chi connectivity index (χ3v) is 0.400. The Bertz CT molecular complexity index is 45.5. The van der Waals surface area contributed by atoms with Gasteiger partial charge in [0.25, 0.3) is 0 Å². The van der Waals surface area contributed by atoms with E-state index in [1.807, 2.05) is 0 Å². The zero-order valence-corrected chi connectivity index (χ0v) is 11.3. The van der Waals surface area contributed by atoms with E-state index in [1.54, 1.807) is 0 Å². The molecule has 108 valence electrons. The largest absolute Gasteiger partial charge is 0.394 e. The first-order chi connectivity index (χ1) is 7.66. The summed E-state index contributed by atoms with van der Waals surface area (Å²) in [4.78, 5) is 0. The van der Waals surface area contributed by atoms with Crippen molar-refractivity contribution in [2.75, 3.05) is 52.9 Å². The van der Waals surface area contributed by atoms with Gasteiger partial charge in [0.05, 0.1) is 52.9 Å². The molecule has 0 fully saturated rings. The van der Waals surface area contributed by atoms with Gasteiger partial charge in [-0.15, -0.1) is 0 Å². The summed E-state index contributed by atoms with van der Waals surface area (Å²) in [5, 5.41) is 61.0. The van der Waals surface area contributed by atoms with Crippen LogP contribution in [0.4, 0.5) is 0 Å². The second-order valence-corrected chi connectivity index (χ2v) is 1.79. The molecule has 0 spiro atoms. The van der Waals surface area contributed by atoms with Gasteiger partial charge in [0.2, 0.25) is 0 Å². The molecule has 9 heteroatoms. The summed E-state index contributed by atoms with van der Waals surface area (Å²) in [6.07, 6.45) is 0. The third kappa shape index (κ3) is 176. The van der Waals surface area contributed by atoms with Crippen molar-refractivity contribution in [2.24, 2.45) is 0 Å². The minimum atomic E-state index is -0.125.